The number of amides is 2. The Kier molecular flexibility index (Phi) is 4.29. The Morgan fingerprint density at radius 3 is 2.38 bits per heavy atom. The minimum absolute atomic E-state index is 0.329. The minimum Gasteiger partial charge on any atom is -0.378 e. The van der Waals surface area contributed by atoms with E-state index in [2.05, 4.69) is 0 Å². The lowest BCUT2D eigenvalue weighted by Crippen LogP contribution is -2.40. The first-order valence-corrected chi connectivity index (χ1v) is 9.08. The lowest BCUT2D eigenvalue weighted by Gasteiger charge is -2.29. The number of ether oxygens (including phenoxy) is 1. The van der Waals surface area contributed by atoms with Gasteiger partial charge in [0.05, 0.1) is 36.1 Å². The third-order valence-corrected chi connectivity index (χ3v) is 5.30. The molecule has 2 amide bonds. The highest BCUT2D eigenvalue weighted by Crippen LogP contribution is 2.36. The van der Waals surface area contributed by atoms with Gasteiger partial charge < -0.3 is 9.64 Å². The summed E-state index contributed by atoms with van der Waals surface area (Å²) in [5.74, 6) is -0.659. The molecule has 0 spiro atoms. The van der Waals surface area contributed by atoms with Gasteiger partial charge in [0, 0.05) is 18.0 Å². The fourth-order valence-corrected chi connectivity index (χ4v) is 3.92. The Labute approximate surface area is 154 Å². The smallest absolute Gasteiger partial charge is 0.282 e. The van der Waals surface area contributed by atoms with Crippen molar-refractivity contribution < 1.29 is 14.3 Å². The molecule has 1 fully saturated rings. The number of nitriles is 1. The van der Waals surface area contributed by atoms with Crippen molar-refractivity contribution in [1.29, 1.82) is 5.26 Å². The molecule has 0 atom stereocenters. The van der Waals surface area contributed by atoms with Gasteiger partial charge in [0.1, 0.15) is 5.70 Å². The van der Waals surface area contributed by atoms with Crippen molar-refractivity contribution in [1.82, 2.24) is 4.90 Å². The Morgan fingerprint density at radius 1 is 1.04 bits per heavy atom. The van der Waals surface area contributed by atoms with Crippen molar-refractivity contribution in [2.24, 2.45) is 0 Å². The van der Waals surface area contributed by atoms with Crippen LogP contribution in [-0.2, 0) is 14.3 Å². The van der Waals surface area contributed by atoms with E-state index < -0.39 is 0 Å². The van der Waals surface area contributed by atoms with Crippen LogP contribution in [0, 0.1) is 11.3 Å². The second-order valence-electron chi connectivity index (χ2n) is 5.90. The number of nitrogens with zero attached hydrogens (tertiary/aromatic N) is 3. The van der Waals surface area contributed by atoms with E-state index in [4.69, 9.17) is 10.00 Å². The highest BCUT2D eigenvalue weighted by molar-refractivity contribution is 7.11. The van der Waals surface area contributed by atoms with Crippen molar-refractivity contribution in [3.05, 3.63) is 57.9 Å². The monoisotopic (exact) mass is 365 g/mol. The maximum atomic E-state index is 13.2. The van der Waals surface area contributed by atoms with Gasteiger partial charge in [-0.3, -0.25) is 9.59 Å². The van der Waals surface area contributed by atoms with E-state index in [1.165, 1.54) is 16.2 Å². The average molecular weight is 365 g/mol. The van der Waals surface area contributed by atoms with Gasteiger partial charge in [-0.2, -0.15) is 5.26 Å². The lowest BCUT2D eigenvalue weighted by molar-refractivity contribution is -0.121. The first kappa shape index (κ1) is 16.5. The molecule has 0 radical (unpaired) electrons. The highest BCUT2D eigenvalue weighted by atomic mass is 32.1. The first-order chi connectivity index (χ1) is 12.7. The van der Waals surface area contributed by atoms with Crippen molar-refractivity contribution in [2.75, 3.05) is 31.2 Å². The van der Waals surface area contributed by atoms with Crippen LogP contribution in [0.15, 0.2) is 47.5 Å². The van der Waals surface area contributed by atoms with Gasteiger partial charge in [-0.15, -0.1) is 11.3 Å². The van der Waals surface area contributed by atoms with Crippen LogP contribution in [0.1, 0.15) is 10.4 Å². The molecule has 0 bridgehead atoms. The molecule has 1 saturated heterocycles. The minimum atomic E-state index is -0.330. The summed E-state index contributed by atoms with van der Waals surface area (Å²) in [4.78, 5) is 30.2. The van der Waals surface area contributed by atoms with Crippen LogP contribution in [0.4, 0.5) is 5.69 Å². The maximum Gasteiger partial charge on any atom is 0.282 e. The van der Waals surface area contributed by atoms with E-state index in [1.807, 2.05) is 28.5 Å². The third kappa shape index (κ3) is 2.69. The number of benzene rings is 1. The van der Waals surface area contributed by atoms with E-state index in [9.17, 15) is 9.59 Å². The number of rotatable bonds is 3. The fourth-order valence-electron chi connectivity index (χ4n) is 3.16. The van der Waals surface area contributed by atoms with E-state index in [-0.39, 0.29) is 11.8 Å². The normalized spacial score (nSPS) is 17.8. The van der Waals surface area contributed by atoms with E-state index >= 15 is 0 Å². The summed E-state index contributed by atoms with van der Waals surface area (Å²) in [5, 5.41) is 10.8. The number of morpholine rings is 1. The summed E-state index contributed by atoms with van der Waals surface area (Å²) in [7, 11) is 0. The number of anilines is 1. The van der Waals surface area contributed by atoms with Gasteiger partial charge in [0.2, 0.25) is 0 Å². The number of imide groups is 1. The molecule has 3 heterocycles. The quantitative estimate of drug-likeness (QED) is 0.780. The molecule has 130 valence electrons. The van der Waals surface area contributed by atoms with Crippen LogP contribution >= 0.6 is 11.3 Å². The van der Waals surface area contributed by atoms with Crippen LogP contribution in [0.25, 0.3) is 5.57 Å². The van der Waals surface area contributed by atoms with Crippen molar-refractivity contribution >= 4 is 34.4 Å². The number of carbonyl (C=O) groups excluding carboxylic acids is 2. The van der Waals surface area contributed by atoms with Crippen LogP contribution in [-0.4, -0.2) is 43.0 Å². The second kappa shape index (κ2) is 6.75. The molecular formula is C19H15N3O3S. The number of carbonyl (C=O) groups is 2. The van der Waals surface area contributed by atoms with E-state index in [0.29, 0.717) is 48.8 Å². The van der Waals surface area contributed by atoms with Gasteiger partial charge in [0.25, 0.3) is 11.8 Å². The average Bonchev–Trinajstić information content (AvgIpc) is 3.29. The number of hydrogen-bond donors (Lipinski definition) is 0. The Morgan fingerprint density at radius 2 is 1.77 bits per heavy atom. The maximum absolute atomic E-state index is 13.2. The van der Waals surface area contributed by atoms with E-state index in [0.717, 1.165) is 4.88 Å². The molecule has 0 saturated carbocycles. The molecule has 4 rings (SSSR count). The SMILES string of the molecule is N#Cc1ccc(N2C(=O)C(c3cccs3)=C(N3CCOCC3)C2=O)cc1. The largest absolute Gasteiger partial charge is 0.378 e. The molecule has 2 aliphatic heterocycles. The van der Waals surface area contributed by atoms with Gasteiger partial charge >= 0.3 is 0 Å². The predicted octanol–water partition coefficient (Wildman–Crippen LogP) is 2.24. The van der Waals surface area contributed by atoms with Gasteiger partial charge in [0.15, 0.2) is 0 Å². The lowest BCUT2D eigenvalue weighted by atomic mass is 10.1. The summed E-state index contributed by atoms with van der Waals surface area (Å²) >= 11 is 1.44. The molecule has 7 heteroatoms. The molecule has 2 aliphatic rings. The molecule has 1 aromatic heterocycles. The molecule has 0 aliphatic carbocycles. The summed E-state index contributed by atoms with van der Waals surface area (Å²) in [6.07, 6.45) is 0. The molecule has 2 aromatic rings. The van der Waals surface area contributed by atoms with Crippen molar-refractivity contribution in [3.8, 4) is 6.07 Å². The van der Waals surface area contributed by atoms with Crippen molar-refractivity contribution in [3.63, 3.8) is 0 Å². The summed E-state index contributed by atoms with van der Waals surface area (Å²) in [6.45, 7) is 2.20. The molecule has 6 nitrogen and oxygen atoms in total. The standard InChI is InChI=1S/C19H15N3O3S/c20-12-13-3-5-14(6-4-13)22-18(23)16(15-2-1-11-26-15)17(19(22)24)21-7-9-25-10-8-21/h1-6,11H,7-10H2. The molecule has 0 unspecified atom stereocenters. The Balaban J connectivity index is 1.78. The molecule has 26 heavy (non-hydrogen) atoms. The fraction of sp³-hybridized carbons (Fsp3) is 0.211. The van der Waals surface area contributed by atoms with Crippen molar-refractivity contribution in [2.45, 2.75) is 0 Å². The van der Waals surface area contributed by atoms with Crippen LogP contribution in [0.5, 0.6) is 0 Å². The molecule has 0 N–H and O–H groups in total. The second-order valence-corrected chi connectivity index (χ2v) is 6.85. The zero-order valence-corrected chi connectivity index (χ0v) is 14.7. The zero-order chi connectivity index (χ0) is 18.1. The topological polar surface area (TPSA) is 73.6 Å². The number of hydrogen-bond acceptors (Lipinski definition) is 6. The summed E-state index contributed by atoms with van der Waals surface area (Å²) in [6, 6.07) is 12.2. The Hall–Kier alpha value is -2.95. The van der Waals surface area contributed by atoms with Crippen LogP contribution < -0.4 is 4.90 Å². The molecule has 1 aromatic carbocycles. The van der Waals surface area contributed by atoms with Crippen LogP contribution in [0.2, 0.25) is 0 Å². The van der Waals surface area contributed by atoms with Gasteiger partial charge in [-0.05, 0) is 35.7 Å². The first-order valence-electron chi connectivity index (χ1n) is 8.20. The third-order valence-electron chi connectivity index (χ3n) is 4.41. The Bertz CT molecular complexity index is 920. The van der Waals surface area contributed by atoms with E-state index in [1.54, 1.807) is 24.3 Å². The molecular weight excluding hydrogens is 350 g/mol. The van der Waals surface area contributed by atoms with Crippen LogP contribution in [0.3, 0.4) is 0 Å². The number of thiophene rings is 1. The predicted molar refractivity (Wildman–Crippen MR) is 97.3 cm³/mol. The van der Waals surface area contributed by atoms with Gasteiger partial charge in [-0.1, -0.05) is 6.07 Å². The highest BCUT2D eigenvalue weighted by Gasteiger charge is 2.43. The summed E-state index contributed by atoms with van der Waals surface area (Å²) < 4.78 is 5.38. The van der Waals surface area contributed by atoms with Gasteiger partial charge in [-0.25, -0.2) is 4.90 Å². The zero-order valence-electron chi connectivity index (χ0n) is 13.8. The summed E-state index contributed by atoms with van der Waals surface area (Å²) in [5.41, 5.74) is 1.82.